The number of nitrogens with one attached hydrogen (secondary N) is 1. The first kappa shape index (κ1) is 8.75. The molecule has 3 heteroatoms. The minimum absolute atomic E-state index is 0.832. The number of aryl methyl sites for hydroxylation is 1. The average molecular weight is 180 g/mol. The Hall–Kier alpha value is -0.830. The normalized spacial score (nSPS) is 16.7. The number of fused-ring (bicyclic) bond motifs is 1. The molecule has 0 aromatic carbocycles. The highest BCUT2D eigenvalue weighted by Crippen LogP contribution is 2.23. The van der Waals surface area contributed by atoms with Crippen LogP contribution in [0.4, 0.5) is 0 Å². The van der Waals surface area contributed by atoms with Crippen LogP contribution >= 0.6 is 0 Å². The van der Waals surface area contributed by atoms with E-state index in [9.17, 15) is 0 Å². The molecular weight excluding hydrogens is 164 g/mol. The summed E-state index contributed by atoms with van der Waals surface area (Å²) in [5, 5.41) is 7.21. The average Bonchev–Trinajstić information content (AvgIpc) is 2.38. The van der Waals surface area contributed by atoms with E-state index in [1.165, 1.54) is 24.8 Å². The van der Waals surface area contributed by atoms with Gasteiger partial charge in [-0.3, -0.25) is 0 Å². The molecule has 1 aliphatic rings. The summed E-state index contributed by atoms with van der Waals surface area (Å²) in [6.07, 6.45) is 6.08. The Morgan fingerprint density at radius 1 is 1.31 bits per heavy atom. The molecule has 0 atom stereocenters. The third-order valence-corrected chi connectivity index (χ3v) is 2.63. The third kappa shape index (κ3) is 1.75. The molecule has 0 saturated heterocycles. The summed E-state index contributed by atoms with van der Waals surface area (Å²) in [5.41, 5.74) is 2.48. The molecule has 1 aromatic heterocycles. The van der Waals surface area contributed by atoms with E-state index >= 15 is 0 Å². The minimum atomic E-state index is 0.832. The standard InChI is InChI=1S/C10H16N2O/c1-11-7-9-8-5-3-2-4-6-10(8)13-12-9/h11H,2-7H2,1H3. The van der Waals surface area contributed by atoms with E-state index in [1.54, 1.807) is 0 Å². The van der Waals surface area contributed by atoms with Crippen LogP contribution < -0.4 is 5.32 Å². The lowest BCUT2D eigenvalue weighted by Crippen LogP contribution is -2.07. The van der Waals surface area contributed by atoms with E-state index in [0.717, 1.165) is 30.8 Å². The molecule has 0 fully saturated rings. The van der Waals surface area contributed by atoms with E-state index in [0.29, 0.717) is 0 Å². The lowest BCUT2D eigenvalue weighted by molar-refractivity contribution is 0.373. The summed E-state index contributed by atoms with van der Waals surface area (Å²) in [4.78, 5) is 0. The van der Waals surface area contributed by atoms with Gasteiger partial charge in [-0.1, -0.05) is 11.6 Å². The van der Waals surface area contributed by atoms with E-state index in [-0.39, 0.29) is 0 Å². The van der Waals surface area contributed by atoms with Crippen molar-refractivity contribution >= 4 is 0 Å². The largest absolute Gasteiger partial charge is 0.361 e. The first-order valence-electron chi connectivity index (χ1n) is 5.02. The minimum Gasteiger partial charge on any atom is -0.361 e. The fraction of sp³-hybridized carbons (Fsp3) is 0.700. The highest BCUT2D eigenvalue weighted by Gasteiger charge is 2.16. The van der Waals surface area contributed by atoms with Gasteiger partial charge in [-0.05, 0) is 26.3 Å². The second-order valence-corrected chi connectivity index (χ2v) is 3.62. The molecule has 1 aliphatic carbocycles. The lowest BCUT2D eigenvalue weighted by Gasteiger charge is -1.98. The second kappa shape index (κ2) is 3.92. The molecule has 0 saturated carbocycles. The first-order valence-corrected chi connectivity index (χ1v) is 5.02. The van der Waals surface area contributed by atoms with Gasteiger partial charge < -0.3 is 9.84 Å². The quantitative estimate of drug-likeness (QED) is 0.703. The zero-order valence-corrected chi connectivity index (χ0v) is 8.10. The van der Waals surface area contributed by atoms with Crippen molar-refractivity contribution < 1.29 is 4.52 Å². The summed E-state index contributed by atoms with van der Waals surface area (Å²) < 4.78 is 5.33. The maximum atomic E-state index is 5.33. The van der Waals surface area contributed by atoms with Gasteiger partial charge in [0.1, 0.15) is 11.5 Å². The van der Waals surface area contributed by atoms with Gasteiger partial charge in [0, 0.05) is 18.5 Å². The maximum absolute atomic E-state index is 5.33. The molecule has 0 radical (unpaired) electrons. The third-order valence-electron chi connectivity index (χ3n) is 2.63. The molecule has 13 heavy (non-hydrogen) atoms. The van der Waals surface area contributed by atoms with Crippen LogP contribution in [0.2, 0.25) is 0 Å². The molecule has 0 unspecified atom stereocenters. The zero-order chi connectivity index (χ0) is 9.10. The van der Waals surface area contributed by atoms with Crippen LogP contribution in [0.1, 0.15) is 36.3 Å². The Labute approximate surface area is 78.5 Å². The maximum Gasteiger partial charge on any atom is 0.140 e. The summed E-state index contributed by atoms with van der Waals surface area (Å²) in [6, 6.07) is 0. The van der Waals surface area contributed by atoms with Crippen molar-refractivity contribution in [2.75, 3.05) is 7.05 Å². The molecule has 1 aromatic rings. The molecule has 1 N–H and O–H groups in total. The van der Waals surface area contributed by atoms with Gasteiger partial charge in [0.05, 0.1) is 0 Å². The number of hydrogen-bond acceptors (Lipinski definition) is 3. The van der Waals surface area contributed by atoms with Crippen LogP contribution in [0.3, 0.4) is 0 Å². The highest BCUT2D eigenvalue weighted by atomic mass is 16.5. The molecule has 0 spiro atoms. The van der Waals surface area contributed by atoms with Gasteiger partial charge in [-0.2, -0.15) is 0 Å². The van der Waals surface area contributed by atoms with Crippen molar-refractivity contribution in [2.24, 2.45) is 0 Å². The van der Waals surface area contributed by atoms with Crippen molar-refractivity contribution in [1.29, 1.82) is 0 Å². The summed E-state index contributed by atoms with van der Waals surface area (Å²) in [6.45, 7) is 0.832. The lowest BCUT2D eigenvalue weighted by atomic mass is 10.1. The molecule has 0 bridgehead atoms. The Balaban J connectivity index is 2.23. The van der Waals surface area contributed by atoms with Crippen molar-refractivity contribution in [2.45, 2.75) is 38.6 Å². The predicted octanol–water partition coefficient (Wildman–Crippen LogP) is 1.66. The molecule has 2 rings (SSSR count). The van der Waals surface area contributed by atoms with Gasteiger partial charge >= 0.3 is 0 Å². The molecule has 1 heterocycles. The van der Waals surface area contributed by atoms with Crippen molar-refractivity contribution in [3.8, 4) is 0 Å². The van der Waals surface area contributed by atoms with Crippen LogP contribution in [0.15, 0.2) is 4.52 Å². The fourth-order valence-electron chi connectivity index (χ4n) is 1.93. The number of hydrogen-bond donors (Lipinski definition) is 1. The number of nitrogens with zero attached hydrogens (tertiary/aromatic N) is 1. The van der Waals surface area contributed by atoms with Gasteiger partial charge in [-0.25, -0.2) is 0 Å². The Morgan fingerprint density at radius 2 is 2.15 bits per heavy atom. The van der Waals surface area contributed by atoms with Crippen LogP contribution in [0.5, 0.6) is 0 Å². The van der Waals surface area contributed by atoms with E-state index < -0.39 is 0 Å². The van der Waals surface area contributed by atoms with Gasteiger partial charge in [0.2, 0.25) is 0 Å². The van der Waals surface area contributed by atoms with Crippen molar-refractivity contribution in [1.82, 2.24) is 10.5 Å². The Bertz CT molecular complexity index is 280. The Kier molecular flexibility index (Phi) is 2.64. The van der Waals surface area contributed by atoms with Crippen molar-refractivity contribution in [3.63, 3.8) is 0 Å². The van der Waals surface area contributed by atoms with E-state index in [4.69, 9.17) is 4.52 Å². The van der Waals surface area contributed by atoms with Gasteiger partial charge in [0.25, 0.3) is 0 Å². The molecule has 3 nitrogen and oxygen atoms in total. The topological polar surface area (TPSA) is 38.1 Å². The van der Waals surface area contributed by atoms with E-state index in [1.807, 2.05) is 7.05 Å². The molecule has 72 valence electrons. The zero-order valence-electron chi connectivity index (χ0n) is 8.10. The van der Waals surface area contributed by atoms with Gasteiger partial charge in [0.15, 0.2) is 0 Å². The first-order chi connectivity index (χ1) is 6.42. The monoisotopic (exact) mass is 180 g/mol. The predicted molar refractivity (Wildman–Crippen MR) is 50.5 cm³/mol. The summed E-state index contributed by atoms with van der Waals surface area (Å²) in [5.74, 6) is 1.13. The fourth-order valence-corrected chi connectivity index (χ4v) is 1.93. The second-order valence-electron chi connectivity index (χ2n) is 3.62. The van der Waals surface area contributed by atoms with Crippen LogP contribution in [0, 0.1) is 0 Å². The SMILES string of the molecule is CNCc1noc2c1CCCCC2. The number of aromatic nitrogens is 1. The molecule has 0 amide bonds. The summed E-state index contributed by atoms with van der Waals surface area (Å²) in [7, 11) is 1.94. The van der Waals surface area contributed by atoms with Gasteiger partial charge in [-0.15, -0.1) is 0 Å². The van der Waals surface area contributed by atoms with Crippen LogP contribution in [-0.2, 0) is 19.4 Å². The van der Waals surface area contributed by atoms with Crippen LogP contribution in [-0.4, -0.2) is 12.2 Å². The van der Waals surface area contributed by atoms with Crippen molar-refractivity contribution in [3.05, 3.63) is 17.0 Å². The van der Waals surface area contributed by atoms with Crippen LogP contribution in [0.25, 0.3) is 0 Å². The summed E-state index contributed by atoms with van der Waals surface area (Å²) >= 11 is 0. The highest BCUT2D eigenvalue weighted by molar-refractivity contribution is 5.24. The smallest absolute Gasteiger partial charge is 0.140 e. The van der Waals surface area contributed by atoms with E-state index in [2.05, 4.69) is 10.5 Å². The molecule has 0 aliphatic heterocycles. The number of rotatable bonds is 2. The Morgan fingerprint density at radius 3 is 3.00 bits per heavy atom. The molecular formula is C10H16N2O.